The molecule has 0 saturated carbocycles. The summed E-state index contributed by atoms with van der Waals surface area (Å²) in [5.41, 5.74) is 3.08. The number of rotatable bonds is 9. The number of likely N-dealkylation sites (N-methyl/N-ethyl adjacent to an activating group) is 1. The number of amides is 1. The number of hydrogen-bond donors (Lipinski definition) is 1. The Balaban J connectivity index is 1.67. The number of nitriles is 1. The first-order valence-corrected chi connectivity index (χ1v) is 13.4. The number of pyridine rings is 1. The molecule has 0 spiro atoms. The third kappa shape index (κ3) is 6.35. The summed E-state index contributed by atoms with van der Waals surface area (Å²) < 4.78 is 39.8. The lowest BCUT2D eigenvalue weighted by Gasteiger charge is -2.24. The number of methoxy groups -OCH3 is 1. The number of fused-ring (bicyclic) bond motifs is 1. The van der Waals surface area contributed by atoms with Crippen molar-refractivity contribution in [2.75, 3.05) is 40.5 Å². The smallest absolute Gasteiger partial charge is 0.255 e. The van der Waals surface area contributed by atoms with E-state index in [0.29, 0.717) is 57.6 Å². The van der Waals surface area contributed by atoms with Crippen molar-refractivity contribution < 1.29 is 23.0 Å². The lowest BCUT2D eigenvalue weighted by Crippen LogP contribution is -2.38. The summed E-state index contributed by atoms with van der Waals surface area (Å²) in [5.74, 6) is -1.00. The van der Waals surface area contributed by atoms with Gasteiger partial charge >= 0.3 is 0 Å². The van der Waals surface area contributed by atoms with E-state index < -0.39 is 11.6 Å². The number of ether oxygens (including phenoxy) is 2. The van der Waals surface area contributed by atoms with Crippen LogP contribution in [0, 0.1) is 23.0 Å². The number of aromatic nitrogens is 1. The maximum atomic E-state index is 14.8. The van der Waals surface area contributed by atoms with E-state index in [1.165, 1.54) is 24.3 Å². The van der Waals surface area contributed by atoms with Crippen LogP contribution < -0.4 is 10.1 Å². The Bertz CT molecular complexity index is 1630. The van der Waals surface area contributed by atoms with E-state index in [1.807, 2.05) is 6.07 Å². The van der Waals surface area contributed by atoms with Gasteiger partial charge in [0.2, 0.25) is 0 Å². The minimum atomic E-state index is -0.535. The van der Waals surface area contributed by atoms with Crippen LogP contribution in [0.25, 0.3) is 33.2 Å². The zero-order valence-corrected chi connectivity index (χ0v) is 22.9. The maximum absolute atomic E-state index is 14.8. The molecule has 1 N–H and O–H groups in total. The van der Waals surface area contributed by atoms with Crippen LogP contribution >= 0.6 is 0 Å². The van der Waals surface area contributed by atoms with Gasteiger partial charge in [0, 0.05) is 50.0 Å². The molecule has 1 aliphatic rings. The first kappa shape index (κ1) is 28.1. The van der Waals surface area contributed by atoms with Gasteiger partial charge in [0.1, 0.15) is 24.0 Å². The molecule has 5 rings (SSSR count). The highest BCUT2D eigenvalue weighted by atomic mass is 19.1. The molecule has 210 valence electrons. The number of nitrogens with one attached hydrogen (secondary N) is 1. The fourth-order valence-corrected chi connectivity index (χ4v) is 5.20. The average molecular weight is 557 g/mol. The highest BCUT2D eigenvalue weighted by molar-refractivity contribution is 6.12. The van der Waals surface area contributed by atoms with E-state index in [4.69, 9.17) is 9.47 Å². The Morgan fingerprint density at radius 3 is 2.63 bits per heavy atom. The molecule has 0 radical (unpaired) electrons. The molecule has 0 bridgehead atoms. The standard InChI is InChI=1S/C32H30F2N4O3/c1-38(19-26-4-3-7-36-26)32(39)31-28-15-21(22-10-20(17-35)11-24(33)12-22)5-6-30(28)37-18-29(31)23-13-25(34)16-27(14-23)41-9-8-40-2/h5-6,10-16,18,26,36H,3-4,7-9,19H2,1-2H3/t26-/m0/s1. The van der Waals surface area contributed by atoms with Gasteiger partial charge in [-0.15, -0.1) is 0 Å². The molecule has 1 amide bonds. The Labute approximate surface area is 237 Å². The van der Waals surface area contributed by atoms with Gasteiger partial charge in [-0.05, 0) is 78.5 Å². The van der Waals surface area contributed by atoms with E-state index in [1.54, 1.807) is 55.6 Å². The minimum Gasteiger partial charge on any atom is -0.491 e. The van der Waals surface area contributed by atoms with Gasteiger partial charge in [-0.3, -0.25) is 9.78 Å². The van der Waals surface area contributed by atoms with Crippen molar-refractivity contribution in [3.63, 3.8) is 0 Å². The van der Waals surface area contributed by atoms with E-state index in [2.05, 4.69) is 10.3 Å². The number of carbonyl (C=O) groups is 1. The van der Waals surface area contributed by atoms with Crippen LogP contribution in [0.3, 0.4) is 0 Å². The van der Waals surface area contributed by atoms with Crippen molar-refractivity contribution in [1.29, 1.82) is 5.26 Å². The lowest BCUT2D eigenvalue weighted by molar-refractivity contribution is 0.0786. The highest BCUT2D eigenvalue weighted by Crippen LogP contribution is 2.35. The Hall–Kier alpha value is -4.39. The fourth-order valence-electron chi connectivity index (χ4n) is 5.20. The third-order valence-corrected chi connectivity index (χ3v) is 7.18. The quantitative estimate of drug-likeness (QED) is 0.271. The molecule has 4 aromatic rings. The van der Waals surface area contributed by atoms with Crippen molar-refractivity contribution in [3.8, 4) is 34.1 Å². The summed E-state index contributed by atoms with van der Waals surface area (Å²) in [5, 5.41) is 13.3. The predicted octanol–water partition coefficient (Wildman–Crippen LogP) is 5.57. The van der Waals surface area contributed by atoms with Crippen molar-refractivity contribution in [1.82, 2.24) is 15.2 Å². The molecule has 1 aromatic heterocycles. The summed E-state index contributed by atoms with van der Waals surface area (Å²) in [4.78, 5) is 20.4. The Morgan fingerprint density at radius 2 is 1.88 bits per heavy atom. The molecular weight excluding hydrogens is 526 g/mol. The van der Waals surface area contributed by atoms with Gasteiger partial charge in [0.25, 0.3) is 5.91 Å². The van der Waals surface area contributed by atoms with Crippen molar-refractivity contribution in [2.24, 2.45) is 0 Å². The molecule has 1 fully saturated rings. The van der Waals surface area contributed by atoms with E-state index in [0.717, 1.165) is 19.4 Å². The molecule has 1 aliphatic heterocycles. The lowest BCUT2D eigenvalue weighted by atomic mass is 9.94. The Kier molecular flexibility index (Phi) is 8.53. The van der Waals surface area contributed by atoms with Gasteiger partial charge in [0.05, 0.1) is 29.3 Å². The molecule has 1 atom stereocenters. The molecule has 1 saturated heterocycles. The summed E-state index contributed by atoms with van der Waals surface area (Å²) in [7, 11) is 3.30. The summed E-state index contributed by atoms with van der Waals surface area (Å²) in [6, 6.07) is 15.9. The minimum absolute atomic E-state index is 0.183. The fraction of sp³-hybridized carbons (Fsp3) is 0.281. The van der Waals surface area contributed by atoms with Gasteiger partial charge < -0.3 is 19.7 Å². The summed E-state index contributed by atoms with van der Waals surface area (Å²) in [6.45, 7) is 1.99. The normalized spacial score (nSPS) is 14.7. The molecule has 3 aromatic carbocycles. The number of nitrogens with zero attached hydrogens (tertiary/aromatic N) is 3. The van der Waals surface area contributed by atoms with Crippen molar-refractivity contribution in [3.05, 3.63) is 83.6 Å². The second-order valence-electron chi connectivity index (χ2n) is 10.1. The molecule has 2 heterocycles. The zero-order valence-electron chi connectivity index (χ0n) is 22.9. The van der Waals surface area contributed by atoms with Crippen LogP contribution in [0.15, 0.2) is 60.8 Å². The molecular formula is C32H30F2N4O3. The maximum Gasteiger partial charge on any atom is 0.255 e. The van der Waals surface area contributed by atoms with E-state index >= 15 is 0 Å². The van der Waals surface area contributed by atoms with Gasteiger partial charge in [-0.1, -0.05) is 6.07 Å². The van der Waals surface area contributed by atoms with Crippen molar-refractivity contribution >= 4 is 16.8 Å². The topological polar surface area (TPSA) is 87.5 Å². The van der Waals surface area contributed by atoms with Crippen LogP contribution in [-0.4, -0.2) is 62.3 Å². The molecule has 7 nitrogen and oxygen atoms in total. The number of carbonyl (C=O) groups excluding carboxylic acids is 1. The predicted molar refractivity (Wildman–Crippen MR) is 153 cm³/mol. The Morgan fingerprint density at radius 1 is 1.07 bits per heavy atom. The van der Waals surface area contributed by atoms with Gasteiger partial charge in [-0.25, -0.2) is 8.78 Å². The second-order valence-corrected chi connectivity index (χ2v) is 10.1. The first-order valence-electron chi connectivity index (χ1n) is 13.4. The number of hydrogen-bond acceptors (Lipinski definition) is 6. The van der Waals surface area contributed by atoms with Crippen LogP contribution in [-0.2, 0) is 4.74 Å². The monoisotopic (exact) mass is 556 g/mol. The van der Waals surface area contributed by atoms with Crippen molar-refractivity contribution in [2.45, 2.75) is 18.9 Å². The third-order valence-electron chi connectivity index (χ3n) is 7.18. The van der Waals surface area contributed by atoms with Crippen LogP contribution in [0.1, 0.15) is 28.8 Å². The second kappa shape index (κ2) is 12.4. The SMILES string of the molecule is COCCOc1cc(F)cc(-c2cnc3ccc(-c4cc(F)cc(C#N)c4)cc3c2C(=O)N(C)C[C@@H]2CCCN2)c1. The van der Waals surface area contributed by atoms with Crippen LogP contribution in [0.4, 0.5) is 8.78 Å². The number of benzene rings is 3. The van der Waals surface area contributed by atoms with E-state index in [-0.39, 0.29) is 24.1 Å². The highest BCUT2D eigenvalue weighted by Gasteiger charge is 2.25. The van der Waals surface area contributed by atoms with Gasteiger partial charge in [-0.2, -0.15) is 5.26 Å². The number of halogens is 2. The molecule has 41 heavy (non-hydrogen) atoms. The molecule has 0 unspecified atom stereocenters. The summed E-state index contributed by atoms with van der Waals surface area (Å²) in [6.07, 6.45) is 3.59. The zero-order chi connectivity index (χ0) is 28.9. The summed E-state index contributed by atoms with van der Waals surface area (Å²) >= 11 is 0. The van der Waals surface area contributed by atoms with Crippen LogP contribution in [0.2, 0.25) is 0 Å². The molecule has 9 heteroatoms. The largest absolute Gasteiger partial charge is 0.491 e. The average Bonchev–Trinajstić information content (AvgIpc) is 3.48. The van der Waals surface area contributed by atoms with Crippen LogP contribution in [0.5, 0.6) is 5.75 Å². The first-order chi connectivity index (χ1) is 19.9. The van der Waals surface area contributed by atoms with Gasteiger partial charge in [0.15, 0.2) is 0 Å². The van der Waals surface area contributed by atoms with E-state index in [9.17, 15) is 18.8 Å². The molecule has 0 aliphatic carbocycles.